The third kappa shape index (κ3) is 0.845. The first kappa shape index (κ1) is 7.09. The molecule has 62 valence electrons. The Balaban J connectivity index is 2.87. The van der Waals surface area contributed by atoms with Crippen LogP contribution in [-0.2, 0) is 0 Å². The zero-order valence-corrected chi connectivity index (χ0v) is 6.47. The van der Waals surface area contributed by atoms with E-state index in [1.807, 2.05) is 0 Å². The van der Waals surface area contributed by atoms with E-state index in [1.54, 1.807) is 13.0 Å². The number of anilines is 1. The molecular formula is C8H7FN2O. The number of nitrogens with zero attached hydrogens (tertiary/aromatic N) is 1. The van der Waals surface area contributed by atoms with Gasteiger partial charge in [-0.05, 0) is 24.6 Å². The summed E-state index contributed by atoms with van der Waals surface area (Å²) in [7, 11) is 0. The lowest BCUT2D eigenvalue weighted by Crippen LogP contribution is -1.85. The highest BCUT2D eigenvalue weighted by Gasteiger charge is 2.07. The van der Waals surface area contributed by atoms with Gasteiger partial charge in [-0.25, -0.2) is 4.39 Å². The van der Waals surface area contributed by atoms with Gasteiger partial charge in [-0.3, -0.25) is 0 Å². The molecule has 1 aromatic carbocycles. The zero-order chi connectivity index (χ0) is 8.72. The van der Waals surface area contributed by atoms with Gasteiger partial charge in [0, 0.05) is 0 Å². The van der Waals surface area contributed by atoms with E-state index in [2.05, 4.69) is 5.16 Å². The molecule has 3 nitrogen and oxygen atoms in total. The lowest BCUT2D eigenvalue weighted by atomic mass is 10.2. The molecule has 2 N–H and O–H groups in total. The van der Waals surface area contributed by atoms with E-state index >= 15 is 0 Å². The Bertz CT molecular complexity index is 436. The maximum absolute atomic E-state index is 13.0. The fraction of sp³-hybridized carbons (Fsp3) is 0.125. The molecule has 0 saturated heterocycles. The molecule has 12 heavy (non-hydrogen) atoms. The van der Waals surface area contributed by atoms with Crippen LogP contribution in [0.2, 0.25) is 0 Å². The van der Waals surface area contributed by atoms with Gasteiger partial charge in [0.05, 0.1) is 5.39 Å². The van der Waals surface area contributed by atoms with E-state index in [0.717, 1.165) is 0 Å². The molecule has 1 heterocycles. The number of fused-ring (bicyclic) bond motifs is 1. The number of nitrogens with two attached hydrogens (primary N) is 1. The average Bonchev–Trinajstić information content (AvgIpc) is 2.35. The van der Waals surface area contributed by atoms with Crippen molar-refractivity contribution in [3.8, 4) is 0 Å². The Kier molecular flexibility index (Phi) is 1.30. The molecule has 0 aliphatic heterocycles. The van der Waals surface area contributed by atoms with Crippen molar-refractivity contribution in [2.24, 2.45) is 0 Å². The van der Waals surface area contributed by atoms with Crippen molar-refractivity contribution >= 4 is 16.8 Å². The van der Waals surface area contributed by atoms with Crippen LogP contribution in [0.15, 0.2) is 16.7 Å². The number of nitrogen functional groups attached to an aromatic ring is 1. The van der Waals surface area contributed by atoms with Crippen LogP contribution >= 0.6 is 0 Å². The number of aromatic nitrogens is 1. The molecule has 0 bridgehead atoms. The van der Waals surface area contributed by atoms with Crippen LogP contribution in [-0.4, -0.2) is 5.16 Å². The second-order valence-corrected chi connectivity index (χ2v) is 2.67. The number of halogens is 1. The van der Waals surface area contributed by atoms with Gasteiger partial charge in [0.1, 0.15) is 5.82 Å². The highest BCUT2D eigenvalue weighted by molar-refractivity contribution is 5.87. The molecule has 0 unspecified atom stereocenters. The third-order valence-corrected chi connectivity index (χ3v) is 1.78. The van der Waals surface area contributed by atoms with Crippen LogP contribution in [0.3, 0.4) is 0 Å². The van der Waals surface area contributed by atoms with E-state index in [-0.39, 0.29) is 11.6 Å². The maximum Gasteiger partial charge on any atom is 0.174 e. The Morgan fingerprint density at radius 1 is 1.50 bits per heavy atom. The van der Waals surface area contributed by atoms with Crippen LogP contribution in [0.4, 0.5) is 10.2 Å². The summed E-state index contributed by atoms with van der Waals surface area (Å²) in [6, 6.07) is 2.91. The molecular weight excluding hydrogens is 159 g/mol. The Hall–Kier alpha value is -1.58. The largest absolute Gasteiger partial charge is 0.380 e. The summed E-state index contributed by atoms with van der Waals surface area (Å²) >= 11 is 0. The molecule has 0 amide bonds. The van der Waals surface area contributed by atoms with E-state index in [4.69, 9.17) is 10.3 Å². The minimum Gasteiger partial charge on any atom is -0.380 e. The summed E-state index contributed by atoms with van der Waals surface area (Å²) in [5.74, 6) is -0.0682. The predicted octanol–water partition coefficient (Wildman–Crippen LogP) is 1.86. The van der Waals surface area contributed by atoms with Crippen molar-refractivity contribution in [1.29, 1.82) is 0 Å². The van der Waals surface area contributed by atoms with Crippen LogP contribution < -0.4 is 5.73 Å². The van der Waals surface area contributed by atoms with Gasteiger partial charge in [0.2, 0.25) is 0 Å². The zero-order valence-electron chi connectivity index (χ0n) is 6.47. The van der Waals surface area contributed by atoms with Crippen LogP contribution in [0.1, 0.15) is 5.56 Å². The molecule has 0 aliphatic rings. The molecule has 0 aliphatic carbocycles. The van der Waals surface area contributed by atoms with Crippen molar-refractivity contribution in [2.75, 3.05) is 5.73 Å². The monoisotopic (exact) mass is 166 g/mol. The minimum absolute atomic E-state index is 0.226. The molecule has 0 saturated carbocycles. The van der Waals surface area contributed by atoms with Gasteiger partial charge >= 0.3 is 0 Å². The topological polar surface area (TPSA) is 52.0 Å². The first-order chi connectivity index (χ1) is 5.68. The van der Waals surface area contributed by atoms with Crippen molar-refractivity contribution in [3.63, 3.8) is 0 Å². The summed E-state index contributed by atoms with van der Waals surface area (Å²) in [6.07, 6.45) is 0. The normalized spacial score (nSPS) is 10.8. The van der Waals surface area contributed by atoms with Gasteiger partial charge in [0.25, 0.3) is 0 Å². The Morgan fingerprint density at radius 2 is 2.25 bits per heavy atom. The van der Waals surface area contributed by atoms with E-state index in [9.17, 15) is 4.39 Å². The predicted molar refractivity (Wildman–Crippen MR) is 43.1 cm³/mol. The third-order valence-electron chi connectivity index (χ3n) is 1.78. The first-order valence-electron chi connectivity index (χ1n) is 3.49. The smallest absolute Gasteiger partial charge is 0.174 e. The Labute approximate surface area is 67.9 Å². The lowest BCUT2D eigenvalue weighted by molar-refractivity contribution is 0.460. The maximum atomic E-state index is 13.0. The molecule has 0 atom stereocenters. The van der Waals surface area contributed by atoms with Gasteiger partial charge in [-0.2, -0.15) is 0 Å². The highest BCUT2D eigenvalue weighted by Crippen LogP contribution is 2.22. The SMILES string of the molecule is Cc1cc2onc(N)c2cc1F. The summed E-state index contributed by atoms with van der Waals surface area (Å²) in [5.41, 5.74) is 6.47. The molecule has 0 spiro atoms. The molecule has 0 fully saturated rings. The summed E-state index contributed by atoms with van der Waals surface area (Å²) < 4.78 is 17.8. The molecule has 0 radical (unpaired) electrons. The van der Waals surface area contributed by atoms with E-state index in [0.29, 0.717) is 16.5 Å². The number of aryl methyl sites for hydroxylation is 1. The van der Waals surface area contributed by atoms with E-state index < -0.39 is 0 Å². The number of rotatable bonds is 0. The van der Waals surface area contributed by atoms with Crippen molar-refractivity contribution in [2.45, 2.75) is 6.92 Å². The van der Waals surface area contributed by atoms with Crippen molar-refractivity contribution in [3.05, 3.63) is 23.5 Å². The van der Waals surface area contributed by atoms with Crippen molar-refractivity contribution < 1.29 is 8.91 Å². The number of hydrogen-bond donors (Lipinski definition) is 1. The molecule has 2 aromatic rings. The summed E-state index contributed by atoms with van der Waals surface area (Å²) in [6.45, 7) is 1.66. The molecule has 1 aromatic heterocycles. The van der Waals surface area contributed by atoms with Gasteiger partial charge in [0.15, 0.2) is 11.4 Å². The van der Waals surface area contributed by atoms with Crippen LogP contribution in [0.25, 0.3) is 11.0 Å². The van der Waals surface area contributed by atoms with Gasteiger partial charge < -0.3 is 10.3 Å². The molecule has 4 heteroatoms. The number of hydrogen-bond acceptors (Lipinski definition) is 3. The van der Waals surface area contributed by atoms with Crippen LogP contribution in [0.5, 0.6) is 0 Å². The second kappa shape index (κ2) is 2.20. The second-order valence-electron chi connectivity index (χ2n) is 2.67. The molecule has 2 rings (SSSR count). The first-order valence-corrected chi connectivity index (χ1v) is 3.49. The minimum atomic E-state index is -0.294. The highest BCUT2D eigenvalue weighted by atomic mass is 19.1. The van der Waals surface area contributed by atoms with Crippen LogP contribution in [0, 0.1) is 12.7 Å². The fourth-order valence-electron chi connectivity index (χ4n) is 1.08. The van der Waals surface area contributed by atoms with Gasteiger partial charge in [-0.1, -0.05) is 5.16 Å². The summed E-state index contributed by atoms with van der Waals surface area (Å²) in [5, 5.41) is 4.04. The fourth-order valence-corrected chi connectivity index (χ4v) is 1.08. The standard InChI is InChI=1S/C8H7FN2O/c1-4-2-7-5(3-6(4)9)8(10)11-12-7/h2-3H,1H3,(H2,10,11). The number of benzene rings is 1. The average molecular weight is 166 g/mol. The van der Waals surface area contributed by atoms with Crippen molar-refractivity contribution in [1.82, 2.24) is 5.16 Å². The van der Waals surface area contributed by atoms with E-state index in [1.165, 1.54) is 6.07 Å². The summed E-state index contributed by atoms with van der Waals surface area (Å²) in [4.78, 5) is 0. The Morgan fingerprint density at radius 3 is 3.00 bits per heavy atom. The van der Waals surface area contributed by atoms with Gasteiger partial charge in [-0.15, -0.1) is 0 Å². The quantitative estimate of drug-likeness (QED) is 0.649. The lowest BCUT2D eigenvalue weighted by Gasteiger charge is -1.93.